The molecular formula is C12H8BrNO. The summed E-state index contributed by atoms with van der Waals surface area (Å²) in [4.78, 5) is 14.6. The molecule has 0 saturated heterocycles. The monoisotopic (exact) mass is 261 g/mol. The van der Waals surface area contributed by atoms with Crippen LogP contribution in [0.2, 0.25) is 0 Å². The maximum atomic E-state index is 10.6. The predicted molar refractivity (Wildman–Crippen MR) is 62.8 cm³/mol. The molecule has 0 unspecified atom stereocenters. The van der Waals surface area contributed by atoms with Crippen LogP contribution in [0.25, 0.3) is 11.1 Å². The van der Waals surface area contributed by atoms with Crippen molar-refractivity contribution in [3.63, 3.8) is 0 Å². The molecule has 2 aromatic rings. The normalized spacial score (nSPS) is 9.93. The number of pyridine rings is 1. The molecule has 0 atom stereocenters. The van der Waals surface area contributed by atoms with Gasteiger partial charge in [0.05, 0.1) is 0 Å². The average molecular weight is 262 g/mol. The van der Waals surface area contributed by atoms with Crippen molar-refractivity contribution in [2.75, 3.05) is 0 Å². The molecule has 15 heavy (non-hydrogen) atoms. The summed E-state index contributed by atoms with van der Waals surface area (Å²) in [7, 11) is 0. The molecule has 0 radical (unpaired) electrons. The third-order valence-electron chi connectivity index (χ3n) is 2.05. The summed E-state index contributed by atoms with van der Waals surface area (Å²) in [6.07, 6.45) is 4.09. The quantitative estimate of drug-likeness (QED) is 0.777. The van der Waals surface area contributed by atoms with Crippen molar-refractivity contribution >= 4 is 22.2 Å². The second kappa shape index (κ2) is 4.36. The first-order chi connectivity index (χ1) is 7.29. The largest absolute Gasteiger partial charge is 0.298 e. The Labute approximate surface area is 96.1 Å². The molecule has 0 aliphatic heterocycles. The Balaban J connectivity index is 2.49. The zero-order valence-corrected chi connectivity index (χ0v) is 9.44. The molecule has 74 valence electrons. The molecule has 0 spiro atoms. The molecule has 0 aliphatic carbocycles. The third-order valence-corrected chi connectivity index (χ3v) is 2.55. The van der Waals surface area contributed by atoms with Gasteiger partial charge in [-0.25, -0.2) is 0 Å². The summed E-state index contributed by atoms with van der Waals surface area (Å²) in [6, 6.07) is 9.71. The van der Waals surface area contributed by atoms with E-state index in [1.165, 1.54) is 0 Å². The zero-order valence-electron chi connectivity index (χ0n) is 7.85. The van der Waals surface area contributed by atoms with Crippen LogP contribution in [-0.4, -0.2) is 11.3 Å². The van der Waals surface area contributed by atoms with Crippen molar-refractivity contribution < 1.29 is 4.79 Å². The van der Waals surface area contributed by atoms with E-state index in [-0.39, 0.29) is 0 Å². The highest BCUT2D eigenvalue weighted by Gasteiger charge is 1.99. The lowest BCUT2D eigenvalue weighted by Gasteiger charge is -2.01. The highest BCUT2D eigenvalue weighted by atomic mass is 79.9. The van der Waals surface area contributed by atoms with E-state index in [1.54, 1.807) is 12.4 Å². The fraction of sp³-hybridized carbons (Fsp3) is 0. The highest BCUT2D eigenvalue weighted by Crippen LogP contribution is 2.22. The lowest BCUT2D eigenvalue weighted by molar-refractivity contribution is 0.112. The number of nitrogens with zero attached hydrogens (tertiary/aromatic N) is 1. The molecule has 0 aliphatic rings. The van der Waals surface area contributed by atoms with Crippen molar-refractivity contribution in [1.29, 1.82) is 0 Å². The van der Waals surface area contributed by atoms with Crippen molar-refractivity contribution in [2.45, 2.75) is 0 Å². The number of hydrogen-bond donors (Lipinski definition) is 0. The van der Waals surface area contributed by atoms with E-state index in [1.807, 2.05) is 30.3 Å². The summed E-state index contributed by atoms with van der Waals surface area (Å²) in [5.74, 6) is 0. The summed E-state index contributed by atoms with van der Waals surface area (Å²) in [5, 5.41) is 0. The smallest absolute Gasteiger partial charge is 0.151 e. The van der Waals surface area contributed by atoms with Gasteiger partial charge in [-0.1, -0.05) is 28.1 Å². The van der Waals surface area contributed by atoms with E-state index in [2.05, 4.69) is 20.9 Å². The fourth-order valence-electron chi connectivity index (χ4n) is 1.35. The molecule has 1 aromatic heterocycles. The second-order valence-electron chi connectivity index (χ2n) is 3.14. The van der Waals surface area contributed by atoms with E-state index >= 15 is 0 Å². The minimum absolute atomic E-state index is 0.590. The van der Waals surface area contributed by atoms with Gasteiger partial charge in [-0.15, -0.1) is 0 Å². The number of aldehydes is 1. The van der Waals surface area contributed by atoms with Gasteiger partial charge in [-0.3, -0.25) is 9.78 Å². The standard InChI is InChI=1S/C12H8BrNO/c13-12-3-1-2-10(5-12)11-4-9(8-15)6-14-7-11/h1-8H. The summed E-state index contributed by atoms with van der Waals surface area (Å²) < 4.78 is 1.01. The van der Waals surface area contributed by atoms with Gasteiger partial charge in [0, 0.05) is 28.0 Å². The van der Waals surface area contributed by atoms with Crippen LogP contribution in [0.5, 0.6) is 0 Å². The van der Waals surface area contributed by atoms with Crippen molar-refractivity contribution in [2.24, 2.45) is 0 Å². The van der Waals surface area contributed by atoms with Gasteiger partial charge in [-0.05, 0) is 23.8 Å². The van der Waals surface area contributed by atoms with Gasteiger partial charge in [0.15, 0.2) is 6.29 Å². The minimum Gasteiger partial charge on any atom is -0.298 e. The number of rotatable bonds is 2. The second-order valence-corrected chi connectivity index (χ2v) is 4.05. The van der Waals surface area contributed by atoms with Crippen LogP contribution in [0.3, 0.4) is 0 Å². The molecule has 1 aromatic carbocycles. The number of aromatic nitrogens is 1. The fourth-order valence-corrected chi connectivity index (χ4v) is 1.75. The van der Waals surface area contributed by atoms with E-state index in [9.17, 15) is 4.79 Å². The number of carbonyl (C=O) groups excluding carboxylic acids is 1. The Morgan fingerprint density at radius 2 is 2.00 bits per heavy atom. The third kappa shape index (κ3) is 2.30. The van der Waals surface area contributed by atoms with Gasteiger partial charge in [-0.2, -0.15) is 0 Å². The van der Waals surface area contributed by atoms with Crippen LogP contribution in [0, 0.1) is 0 Å². The van der Waals surface area contributed by atoms with Gasteiger partial charge in [0.2, 0.25) is 0 Å². The van der Waals surface area contributed by atoms with Crippen molar-refractivity contribution in [3.8, 4) is 11.1 Å². The molecule has 2 nitrogen and oxygen atoms in total. The number of benzene rings is 1. The summed E-state index contributed by atoms with van der Waals surface area (Å²) in [6.45, 7) is 0. The van der Waals surface area contributed by atoms with Crippen LogP contribution < -0.4 is 0 Å². The molecule has 0 fully saturated rings. The Morgan fingerprint density at radius 3 is 2.73 bits per heavy atom. The van der Waals surface area contributed by atoms with Crippen LogP contribution in [0.4, 0.5) is 0 Å². The SMILES string of the molecule is O=Cc1cncc(-c2cccc(Br)c2)c1. The predicted octanol–water partition coefficient (Wildman–Crippen LogP) is 3.32. The Hall–Kier alpha value is -1.48. The van der Waals surface area contributed by atoms with Crippen LogP contribution >= 0.6 is 15.9 Å². The number of hydrogen-bond acceptors (Lipinski definition) is 2. The number of halogens is 1. The van der Waals surface area contributed by atoms with Crippen molar-refractivity contribution in [1.82, 2.24) is 4.98 Å². The first kappa shape index (κ1) is 10.1. The van der Waals surface area contributed by atoms with Gasteiger partial charge in [0.25, 0.3) is 0 Å². The maximum Gasteiger partial charge on any atom is 0.151 e. The maximum absolute atomic E-state index is 10.6. The summed E-state index contributed by atoms with van der Waals surface area (Å²) in [5.41, 5.74) is 2.58. The van der Waals surface area contributed by atoms with Crippen LogP contribution in [-0.2, 0) is 0 Å². The lowest BCUT2D eigenvalue weighted by atomic mass is 10.1. The van der Waals surface area contributed by atoms with E-state index in [4.69, 9.17) is 0 Å². The molecule has 0 amide bonds. The van der Waals surface area contributed by atoms with E-state index in [0.717, 1.165) is 21.9 Å². The average Bonchev–Trinajstić information content (AvgIpc) is 2.29. The topological polar surface area (TPSA) is 30.0 Å². The molecule has 2 rings (SSSR count). The van der Waals surface area contributed by atoms with Gasteiger partial charge >= 0.3 is 0 Å². The Kier molecular flexibility index (Phi) is 2.92. The van der Waals surface area contributed by atoms with E-state index < -0.39 is 0 Å². The van der Waals surface area contributed by atoms with Gasteiger partial charge < -0.3 is 0 Å². The highest BCUT2D eigenvalue weighted by molar-refractivity contribution is 9.10. The Bertz CT molecular complexity index is 496. The molecule has 0 saturated carbocycles. The summed E-state index contributed by atoms with van der Waals surface area (Å²) >= 11 is 3.41. The van der Waals surface area contributed by atoms with Crippen LogP contribution in [0.1, 0.15) is 10.4 Å². The first-order valence-electron chi connectivity index (χ1n) is 4.46. The lowest BCUT2D eigenvalue weighted by Crippen LogP contribution is -1.85. The zero-order chi connectivity index (χ0) is 10.7. The van der Waals surface area contributed by atoms with Crippen LogP contribution in [0.15, 0.2) is 47.2 Å². The van der Waals surface area contributed by atoms with E-state index in [0.29, 0.717) is 5.56 Å². The molecule has 0 N–H and O–H groups in total. The molecule has 0 bridgehead atoms. The molecular weight excluding hydrogens is 254 g/mol. The first-order valence-corrected chi connectivity index (χ1v) is 5.25. The Morgan fingerprint density at radius 1 is 1.13 bits per heavy atom. The molecule has 1 heterocycles. The number of carbonyl (C=O) groups is 1. The van der Waals surface area contributed by atoms with Gasteiger partial charge in [0.1, 0.15) is 0 Å². The van der Waals surface area contributed by atoms with Crippen molar-refractivity contribution in [3.05, 3.63) is 52.8 Å². The minimum atomic E-state index is 0.590. The molecule has 3 heteroatoms.